The molecule has 1 saturated heterocycles. The molecule has 1 fully saturated rings. The zero-order chi connectivity index (χ0) is 16.2. The maximum atomic E-state index is 12.3. The predicted octanol–water partition coefficient (Wildman–Crippen LogP) is 1.93. The van der Waals surface area contributed by atoms with Gasteiger partial charge in [0.25, 0.3) is 0 Å². The maximum absolute atomic E-state index is 12.3. The summed E-state index contributed by atoms with van der Waals surface area (Å²) in [5.41, 5.74) is 7.10. The minimum Gasteiger partial charge on any atom is -0.383 e. The number of hydrogen-bond acceptors (Lipinski definition) is 4. The van der Waals surface area contributed by atoms with Crippen LogP contribution in [0.25, 0.3) is 0 Å². The lowest BCUT2D eigenvalue weighted by atomic mass is 9.97. The minimum atomic E-state index is -0.568. The number of carbonyl (C=O) groups excluding carboxylic acids is 1. The quantitative estimate of drug-likeness (QED) is 0.851. The molecule has 0 aromatic heterocycles. The van der Waals surface area contributed by atoms with Gasteiger partial charge >= 0.3 is 0 Å². The van der Waals surface area contributed by atoms with Gasteiger partial charge in [-0.1, -0.05) is 30.3 Å². The smallest absolute Gasteiger partial charge is 0.241 e. The number of methoxy groups -OCH3 is 1. The topological polar surface area (TPSA) is 58.8 Å². The van der Waals surface area contributed by atoms with E-state index in [1.165, 1.54) is 5.56 Å². The number of nitrogens with two attached hydrogens (primary N) is 1. The van der Waals surface area contributed by atoms with Crippen molar-refractivity contribution in [3.05, 3.63) is 35.9 Å². The van der Waals surface area contributed by atoms with E-state index in [1.54, 1.807) is 7.11 Å². The zero-order valence-electron chi connectivity index (χ0n) is 14.6. The summed E-state index contributed by atoms with van der Waals surface area (Å²) in [5.74, 6) is -0.0192. The summed E-state index contributed by atoms with van der Waals surface area (Å²) in [7, 11) is 1.56. The lowest BCUT2D eigenvalue weighted by Crippen LogP contribution is -2.62. The van der Waals surface area contributed by atoms with E-state index in [4.69, 9.17) is 10.5 Å². The summed E-state index contributed by atoms with van der Waals surface area (Å²) < 4.78 is 4.98. The van der Waals surface area contributed by atoms with Crippen molar-refractivity contribution in [2.24, 2.45) is 5.73 Å². The van der Waals surface area contributed by atoms with Crippen LogP contribution in [0.3, 0.4) is 0 Å². The first-order valence-electron chi connectivity index (χ1n) is 7.76. The Labute approximate surface area is 157 Å². The second kappa shape index (κ2) is 10.2. The van der Waals surface area contributed by atoms with Crippen LogP contribution in [-0.4, -0.2) is 60.6 Å². The lowest BCUT2D eigenvalue weighted by Gasteiger charge is -2.47. The van der Waals surface area contributed by atoms with E-state index in [0.717, 1.165) is 13.1 Å². The number of amides is 1. The van der Waals surface area contributed by atoms with Gasteiger partial charge in [0, 0.05) is 38.8 Å². The zero-order valence-corrected chi connectivity index (χ0v) is 16.2. The highest BCUT2D eigenvalue weighted by Gasteiger charge is 2.36. The number of halogens is 2. The molecule has 1 aromatic carbocycles. The van der Waals surface area contributed by atoms with Crippen LogP contribution in [-0.2, 0) is 16.1 Å². The van der Waals surface area contributed by atoms with E-state index < -0.39 is 6.04 Å². The molecule has 1 amide bonds. The number of nitrogens with zero attached hydrogens (tertiary/aromatic N) is 2. The average molecular weight is 378 g/mol. The van der Waals surface area contributed by atoms with E-state index >= 15 is 0 Å². The Hall–Kier alpha value is -0.850. The molecule has 0 saturated carbocycles. The van der Waals surface area contributed by atoms with Crippen molar-refractivity contribution in [3.8, 4) is 0 Å². The molecule has 1 heterocycles. The molecule has 1 aliphatic heterocycles. The van der Waals surface area contributed by atoms with Crippen LogP contribution in [0.5, 0.6) is 0 Å². The normalized spacial score (nSPS) is 18.2. The molecule has 1 aliphatic rings. The van der Waals surface area contributed by atoms with Gasteiger partial charge in [0.05, 0.1) is 6.61 Å². The maximum Gasteiger partial charge on any atom is 0.241 e. The molecule has 1 unspecified atom stereocenters. The fourth-order valence-electron chi connectivity index (χ4n) is 2.96. The first kappa shape index (κ1) is 23.1. The third-order valence-corrected chi connectivity index (χ3v) is 4.27. The van der Waals surface area contributed by atoms with Crippen molar-refractivity contribution in [1.82, 2.24) is 9.80 Å². The van der Waals surface area contributed by atoms with Crippen molar-refractivity contribution < 1.29 is 9.53 Å². The van der Waals surface area contributed by atoms with E-state index in [-0.39, 0.29) is 42.9 Å². The van der Waals surface area contributed by atoms with E-state index in [2.05, 4.69) is 43.0 Å². The molecule has 7 heteroatoms. The van der Waals surface area contributed by atoms with Crippen LogP contribution < -0.4 is 5.73 Å². The van der Waals surface area contributed by atoms with Gasteiger partial charge in [-0.05, 0) is 19.4 Å². The third-order valence-electron chi connectivity index (χ3n) is 4.27. The van der Waals surface area contributed by atoms with Gasteiger partial charge in [-0.15, -0.1) is 24.8 Å². The van der Waals surface area contributed by atoms with Crippen molar-refractivity contribution >= 4 is 30.7 Å². The Morgan fingerprint density at radius 3 is 2.42 bits per heavy atom. The Balaban J connectivity index is 0.00000264. The fourth-order valence-corrected chi connectivity index (χ4v) is 2.96. The van der Waals surface area contributed by atoms with E-state index in [9.17, 15) is 4.79 Å². The Morgan fingerprint density at radius 2 is 1.88 bits per heavy atom. The number of ether oxygens (including phenoxy) is 1. The molecule has 1 aromatic rings. The molecule has 2 rings (SSSR count). The van der Waals surface area contributed by atoms with Crippen LogP contribution >= 0.6 is 24.8 Å². The molecule has 24 heavy (non-hydrogen) atoms. The summed E-state index contributed by atoms with van der Waals surface area (Å²) in [4.78, 5) is 16.6. The molecule has 5 nitrogen and oxygen atoms in total. The summed E-state index contributed by atoms with van der Waals surface area (Å²) >= 11 is 0. The van der Waals surface area contributed by atoms with Crippen molar-refractivity contribution in [2.75, 3.05) is 33.4 Å². The van der Waals surface area contributed by atoms with Crippen LogP contribution in [0.2, 0.25) is 0 Å². The van der Waals surface area contributed by atoms with Gasteiger partial charge in [-0.2, -0.15) is 0 Å². The highest BCUT2D eigenvalue weighted by atomic mass is 35.5. The monoisotopic (exact) mass is 377 g/mol. The van der Waals surface area contributed by atoms with Crippen LogP contribution in [0.1, 0.15) is 19.4 Å². The number of benzene rings is 1. The second-order valence-electron chi connectivity index (χ2n) is 6.54. The lowest BCUT2D eigenvalue weighted by molar-refractivity contribution is -0.139. The summed E-state index contributed by atoms with van der Waals surface area (Å²) in [5, 5.41) is 0. The molecule has 138 valence electrons. The van der Waals surface area contributed by atoms with Gasteiger partial charge in [0.2, 0.25) is 5.91 Å². The number of piperazine rings is 1. The molecule has 1 atom stereocenters. The average Bonchev–Trinajstić information content (AvgIpc) is 2.49. The van der Waals surface area contributed by atoms with Gasteiger partial charge in [-0.25, -0.2) is 0 Å². The third kappa shape index (κ3) is 5.90. The number of rotatable bonds is 5. The van der Waals surface area contributed by atoms with Crippen molar-refractivity contribution in [1.29, 1.82) is 0 Å². The van der Waals surface area contributed by atoms with Gasteiger partial charge in [0.15, 0.2) is 0 Å². The molecule has 0 aliphatic carbocycles. The van der Waals surface area contributed by atoms with Gasteiger partial charge in [0.1, 0.15) is 6.04 Å². The molecule has 2 N–H and O–H groups in total. The standard InChI is InChI=1S/C17H27N3O2.2ClH/c1-17(2)13-19(16(21)15(18)12-22-3)9-10-20(17)11-14-7-5-4-6-8-14;;/h4-8,15H,9-13,18H2,1-3H3;2*1H. The Kier molecular flexibility index (Phi) is 9.85. The highest BCUT2D eigenvalue weighted by Crippen LogP contribution is 2.23. The SMILES string of the molecule is COCC(N)C(=O)N1CCN(Cc2ccccc2)C(C)(C)C1.Cl.Cl. The highest BCUT2D eigenvalue weighted by molar-refractivity contribution is 5.85. The van der Waals surface area contributed by atoms with Crippen molar-refractivity contribution in [2.45, 2.75) is 32.0 Å². The molecule has 0 radical (unpaired) electrons. The molecular formula is C17H29Cl2N3O2. The first-order chi connectivity index (χ1) is 10.4. The second-order valence-corrected chi connectivity index (χ2v) is 6.54. The van der Waals surface area contributed by atoms with E-state index in [1.807, 2.05) is 11.0 Å². The van der Waals surface area contributed by atoms with Crippen LogP contribution in [0.15, 0.2) is 30.3 Å². The minimum absolute atomic E-state index is 0. The summed E-state index contributed by atoms with van der Waals surface area (Å²) in [6.07, 6.45) is 0. The van der Waals surface area contributed by atoms with E-state index in [0.29, 0.717) is 13.1 Å². The molecular weight excluding hydrogens is 349 g/mol. The summed E-state index contributed by atoms with van der Waals surface area (Å²) in [6.45, 7) is 7.79. The molecule has 0 spiro atoms. The predicted molar refractivity (Wildman–Crippen MR) is 102 cm³/mol. The Morgan fingerprint density at radius 1 is 1.25 bits per heavy atom. The van der Waals surface area contributed by atoms with Gasteiger partial charge < -0.3 is 15.4 Å². The van der Waals surface area contributed by atoms with Crippen molar-refractivity contribution in [3.63, 3.8) is 0 Å². The molecule has 0 bridgehead atoms. The Bertz CT molecular complexity index is 500. The van der Waals surface area contributed by atoms with Gasteiger partial charge in [-0.3, -0.25) is 9.69 Å². The summed E-state index contributed by atoms with van der Waals surface area (Å²) in [6, 6.07) is 9.87. The van der Waals surface area contributed by atoms with Crippen LogP contribution in [0, 0.1) is 0 Å². The largest absolute Gasteiger partial charge is 0.383 e. The number of carbonyl (C=O) groups is 1. The fraction of sp³-hybridized carbons (Fsp3) is 0.588. The first-order valence-corrected chi connectivity index (χ1v) is 7.76. The number of hydrogen-bond donors (Lipinski definition) is 1. The van der Waals surface area contributed by atoms with Crippen LogP contribution in [0.4, 0.5) is 0 Å².